The second-order valence-corrected chi connectivity index (χ2v) is 3.83. The number of Topliss-reactive ketones (excluding diaryl/α,β-unsaturated/α-hetero) is 1. The van der Waals surface area contributed by atoms with E-state index in [1.54, 1.807) is 0 Å². The van der Waals surface area contributed by atoms with Crippen molar-refractivity contribution in [2.24, 2.45) is 0 Å². The average molecular weight is 213 g/mol. The van der Waals surface area contributed by atoms with Gasteiger partial charge in [0, 0.05) is 13.0 Å². The first-order chi connectivity index (χ1) is 7.20. The molecule has 0 bridgehead atoms. The van der Waals surface area contributed by atoms with Crippen molar-refractivity contribution in [3.05, 3.63) is 0 Å². The van der Waals surface area contributed by atoms with Gasteiger partial charge in [-0.15, -0.1) is 0 Å². The van der Waals surface area contributed by atoms with Crippen LogP contribution in [0, 0.1) is 0 Å². The van der Waals surface area contributed by atoms with Crippen LogP contribution in [0.2, 0.25) is 0 Å². The molecule has 0 atom stereocenters. The summed E-state index contributed by atoms with van der Waals surface area (Å²) in [7, 11) is 0. The van der Waals surface area contributed by atoms with Gasteiger partial charge in [-0.1, -0.05) is 32.6 Å². The number of rotatable bonds is 9. The number of carbonyl (C=O) groups excluding carboxylic acids is 2. The quantitative estimate of drug-likeness (QED) is 0.472. The van der Waals surface area contributed by atoms with Crippen LogP contribution in [0.3, 0.4) is 0 Å². The minimum absolute atomic E-state index is 0.0572. The zero-order chi connectivity index (χ0) is 11.5. The summed E-state index contributed by atoms with van der Waals surface area (Å²) in [6.45, 7) is 4.62. The zero-order valence-corrected chi connectivity index (χ0v) is 9.97. The van der Waals surface area contributed by atoms with E-state index in [9.17, 15) is 9.59 Å². The van der Waals surface area contributed by atoms with Crippen LogP contribution in [0.25, 0.3) is 0 Å². The summed E-state index contributed by atoms with van der Waals surface area (Å²) < 4.78 is 0. The molecule has 0 unspecified atom stereocenters. The van der Waals surface area contributed by atoms with Crippen molar-refractivity contribution < 1.29 is 9.59 Å². The summed E-state index contributed by atoms with van der Waals surface area (Å²) in [4.78, 5) is 22.4. The highest BCUT2D eigenvalue weighted by Crippen LogP contribution is 2.06. The second kappa shape index (κ2) is 9.69. The summed E-state index contributed by atoms with van der Waals surface area (Å²) in [5.74, 6) is -0.0755. The molecule has 0 radical (unpaired) electrons. The van der Waals surface area contributed by atoms with Gasteiger partial charge in [0.2, 0.25) is 5.91 Å². The van der Waals surface area contributed by atoms with E-state index in [0.29, 0.717) is 13.0 Å². The topological polar surface area (TPSA) is 46.2 Å². The third kappa shape index (κ3) is 9.44. The Balaban J connectivity index is 3.37. The van der Waals surface area contributed by atoms with Gasteiger partial charge in [-0.3, -0.25) is 9.59 Å². The van der Waals surface area contributed by atoms with Crippen molar-refractivity contribution >= 4 is 11.7 Å². The van der Waals surface area contributed by atoms with Crippen molar-refractivity contribution in [1.82, 2.24) is 5.32 Å². The Morgan fingerprint density at radius 1 is 1.00 bits per heavy atom. The summed E-state index contributed by atoms with van der Waals surface area (Å²) in [6.07, 6.45) is 6.30. The van der Waals surface area contributed by atoms with Crippen LogP contribution in [0.1, 0.15) is 58.8 Å². The van der Waals surface area contributed by atoms with Crippen LogP contribution in [0.4, 0.5) is 0 Å². The molecule has 0 spiro atoms. The number of nitrogens with one attached hydrogen (secondary N) is 1. The molecule has 1 N–H and O–H groups in total. The smallest absolute Gasteiger partial charge is 0.227 e. The number of ketones is 1. The Labute approximate surface area is 92.6 Å². The maximum absolute atomic E-state index is 11.3. The fourth-order valence-electron chi connectivity index (χ4n) is 1.45. The first-order valence-corrected chi connectivity index (χ1v) is 5.99. The van der Waals surface area contributed by atoms with Gasteiger partial charge < -0.3 is 5.32 Å². The third-order valence-electron chi connectivity index (χ3n) is 2.29. The lowest BCUT2D eigenvalue weighted by Gasteiger charge is -2.01. The van der Waals surface area contributed by atoms with E-state index >= 15 is 0 Å². The van der Waals surface area contributed by atoms with Crippen LogP contribution in [-0.2, 0) is 9.59 Å². The number of hydrogen-bond acceptors (Lipinski definition) is 2. The van der Waals surface area contributed by atoms with Crippen LogP contribution < -0.4 is 5.32 Å². The molecule has 0 aromatic heterocycles. The first kappa shape index (κ1) is 14.1. The largest absolute Gasteiger partial charge is 0.356 e. The van der Waals surface area contributed by atoms with E-state index in [1.807, 2.05) is 6.92 Å². The Morgan fingerprint density at radius 3 is 2.27 bits per heavy atom. The van der Waals surface area contributed by atoms with Crippen molar-refractivity contribution in [2.75, 3.05) is 6.54 Å². The summed E-state index contributed by atoms with van der Waals surface area (Å²) >= 11 is 0. The predicted octanol–water partition coefficient (Wildman–Crippen LogP) is 2.44. The summed E-state index contributed by atoms with van der Waals surface area (Å²) in [5.41, 5.74) is 0. The van der Waals surface area contributed by atoms with E-state index in [1.165, 1.54) is 19.3 Å². The van der Waals surface area contributed by atoms with E-state index in [0.717, 1.165) is 12.8 Å². The maximum atomic E-state index is 11.3. The normalized spacial score (nSPS) is 10.0. The molecule has 0 aliphatic heterocycles. The number of amides is 1. The monoisotopic (exact) mass is 213 g/mol. The van der Waals surface area contributed by atoms with Crippen LogP contribution in [0.5, 0.6) is 0 Å². The minimum Gasteiger partial charge on any atom is -0.356 e. The molecule has 3 nitrogen and oxygen atoms in total. The van der Waals surface area contributed by atoms with Gasteiger partial charge in [0.05, 0.1) is 6.42 Å². The van der Waals surface area contributed by atoms with Gasteiger partial charge in [-0.25, -0.2) is 0 Å². The van der Waals surface area contributed by atoms with Crippen molar-refractivity contribution in [3.63, 3.8) is 0 Å². The lowest BCUT2D eigenvalue weighted by atomic mass is 10.1. The molecule has 88 valence electrons. The fraction of sp³-hybridized carbons (Fsp3) is 0.833. The molecule has 0 saturated heterocycles. The van der Waals surface area contributed by atoms with Crippen molar-refractivity contribution in [3.8, 4) is 0 Å². The number of hydrogen-bond donors (Lipinski definition) is 1. The molecule has 0 saturated carbocycles. The zero-order valence-electron chi connectivity index (χ0n) is 9.97. The van der Waals surface area contributed by atoms with Gasteiger partial charge >= 0.3 is 0 Å². The lowest BCUT2D eigenvalue weighted by Crippen LogP contribution is -2.25. The molecule has 0 aromatic carbocycles. The average Bonchev–Trinajstić information content (AvgIpc) is 2.17. The highest BCUT2D eigenvalue weighted by Gasteiger charge is 2.07. The summed E-state index contributed by atoms with van der Waals surface area (Å²) in [5, 5.41) is 2.63. The fourth-order valence-corrected chi connectivity index (χ4v) is 1.45. The highest BCUT2D eigenvalue weighted by molar-refractivity contribution is 5.97. The molecule has 0 rings (SSSR count). The Morgan fingerprint density at radius 2 is 1.67 bits per heavy atom. The Hall–Kier alpha value is -0.860. The van der Waals surface area contributed by atoms with Crippen LogP contribution in [0.15, 0.2) is 0 Å². The molecule has 0 fully saturated rings. The first-order valence-electron chi connectivity index (χ1n) is 5.99. The third-order valence-corrected chi connectivity index (χ3v) is 2.29. The molecular weight excluding hydrogens is 190 g/mol. The maximum Gasteiger partial charge on any atom is 0.227 e. The number of carbonyl (C=O) groups is 2. The second-order valence-electron chi connectivity index (χ2n) is 3.83. The van der Waals surface area contributed by atoms with Crippen molar-refractivity contribution in [1.29, 1.82) is 0 Å². The molecule has 0 heterocycles. The highest BCUT2D eigenvalue weighted by atomic mass is 16.2. The predicted molar refractivity (Wildman–Crippen MR) is 61.7 cm³/mol. The van der Waals surface area contributed by atoms with Gasteiger partial charge in [-0.05, 0) is 13.3 Å². The molecule has 0 aromatic rings. The molecule has 15 heavy (non-hydrogen) atoms. The van der Waals surface area contributed by atoms with Crippen molar-refractivity contribution in [2.45, 2.75) is 58.8 Å². The lowest BCUT2D eigenvalue weighted by molar-refractivity contribution is -0.128. The molecule has 0 aliphatic carbocycles. The molecule has 1 amide bonds. The summed E-state index contributed by atoms with van der Waals surface area (Å²) in [6, 6.07) is 0. The van der Waals surface area contributed by atoms with Crippen LogP contribution >= 0.6 is 0 Å². The van der Waals surface area contributed by atoms with E-state index in [-0.39, 0.29) is 18.1 Å². The molecular formula is C12H23NO2. The standard InChI is InChI=1S/C12H23NO2/c1-3-5-6-7-8-9-11(14)10-12(15)13-4-2/h3-10H2,1-2H3,(H,13,15). The van der Waals surface area contributed by atoms with Crippen LogP contribution in [-0.4, -0.2) is 18.2 Å². The van der Waals surface area contributed by atoms with Gasteiger partial charge in [0.1, 0.15) is 5.78 Å². The number of unbranched alkanes of at least 4 members (excludes halogenated alkanes) is 4. The van der Waals surface area contributed by atoms with Gasteiger partial charge in [-0.2, -0.15) is 0 Å². The van der Waals surface area contributed by atoms with E-state index in [2.05, 4.69) is 12.2 Å². The SMILES string of the molecule is CCCCCCCC(=O)CC(=O)NCC. The molecule has 3 heteroatoms. The van der Waals surface area contributed by atoms with E-state index < -0.39 is 0 Å². The van der Waals surface area contributed by atoms with E-state index in [4.69, 9.17) is 0 Å². The Bertz CT molecular complexity index is 190. The van der Waals surface area contributed by atoms with Gasteiger partial charge in [0.25, 0.3) is 0 Å². The Kier molecular flexibility index (Phi) is 9.13. The van der Waals surface area contributed by atoms with Gasteiger partial charge in [0.15, 0.2) is 0 Å². The molecule has 0 aliphatic rings. The minimum atomic E-state index is -0.143.